The van der Waals surface area contributed by atoms with Crippen LogP contribution in [0.5, 0.6) is 5.75 Å². The van der Waals surface area contributed by atoms with Crippen LogP contribution >= 0.6 is 0 Å². The lowest BCUT2D eigenvalue weighted by molar-refractivity contribution is -0.145. The summed E-state index contributed by atoms with van der Waals surface area (Å²) in [6.07, 6.45) is -3.44. The Labute approximate surface area is 179 Å². The summed E-state index contributed by atoms with van der Waals surface area (Å²) in [7, 11) is 0. The van der Waals surface area contributed by atoms with E-state index in [1.165, 1.54) is 0 Å². The van der Waals surface area contributed by atoms with Crippen LogP contribution in [0, 0.1) is 29.1 Å². The number of carbonyl (C=O) groups is 2. The maximum atomic E-state index is 13.8. The van der Waals surface area contributed by atoms with Gasteiger partial charge in [0.1, 0.15) is 5.60 Å². The third-order valence-electron chi connectivity index (χ3n) is 4.00. The molecule has 0 saturated heterocycles. The highest BCUT2D eigenvalue weighted by Crippen LogP contribution is 2.29. The van der Waals surface area contributed by atoms with Crippen LogP contribution in [0.25, 0.3) is 0 Å². The van der Waals surface area contributed by atoms with Gasteiger partial charge in [-0.2, -0.15) is 8.78 Å². The van der Waals surface area contributed by atoms with Crippen molar-refractivity contribution in [2.24, 2.45) is 0 Å². The molecule has 0 aliphatic heterocycles. The average molecular weight is 461 g/mol. The smallest absolute Gasteiger partial charge is 0.407 e. The summed E-state index contributed by atoms with van der Waals surface area (Å²) in [5.74, 6) is -15.5. The highest BCUT2D eigenvalue weighted by molar-refractivity contribution is 5.79. The Balaban J connectivity index is 2.29. The number of rotatable bonds is 6. The SMILES string of the molecule is CC(C)(C)OC(=O)N[C@H](Cc1ccccc1)[C@H](O)C(=O)Oc1c(F)c(F)c(F)c(F)c1F. The second kappa shape index (κ2) is 9.94. The summed E-state index contributed by atoms with van der Waals surface area (Å²) < 4.78 is 76.8. The monoisotopic (exact) mass is 461 g/mol. The summed E-state index contributed by atoms with van der Waals surface area (Å²) in [6.45, 7) is 4.69. The van der Waals surface area contributed by atoms with Crippen molar-refractivity contribution in [2.45, 2.75) is 44.9 Å². The largest absolute Gasteiger partial charge is 0.444 e. The lowest BCUT2D eigenvalue weighted by Gasteiger charge is -2.26. The van der Waals surface area contributed by atoms with Gasteiger partial charge < -0.3 is 19.9 Å². The van der Waals surface area contributed by atoms with Crippen molar-refractivity contribution in [2.75, 3.05) is 0 Å². The molecule has 6 nitrogen and oxygen atoms in total. The zero-order valence-corrected chi connectivity index (χ0v) is 17.2. The number of esters is 1. The first-order valence-electron chi connectivity index (χ1n) is 9.26. The van der Waals surface area contributed by atoms with Crippen molar-refractivity contribution >= 4 is 12.1 Å². The first kappa shape index (κ1) is 25.1. The standard InChI is InChI=1S/C21H20F5NO5/c1-21(2,3)32-20(30)27-11(9-10-7-5-4-6-8-10)17(28)19(29)31-18-15(25)13(23)12(22)14(24)16(18)26/h4-8,11,17,28H,9H2,1-3H3,(H,27,30)/t11-,17+/m1/s1. The third-order valence-corrected chi connectivity index (χ3v) is 4.00. The molecule has 0 saturated carbocycles. The van der Waals surface area contributed by atoms with E-state index in [9.17, 15) is 36.6 Å². The Kier molecular flexibility index (Phi) is 7.78. The molecule has 0 bridgehead atoms. The number of amides is 1. The molecule has 174 valence electrons. The van der Waals surface area contributed by atoms with Crippen LogP contribution < -0.4 is 10.1 Å². The predicted molar refractivity (Wildman–Crippen MR) is 101 cm³/mol. The van der Waals surface area contributed by atoms with Gasteiger partial charge in [-0.05, 0) is 32.8 Å². The second-order valence-electron chi connectivity index (χ2n) is 7.71. The van der Waals surface area contributed by atoms with Crippen LogP contribution in [0.3, 0.4) is 0 Å². The van der Waals surface area contributed by atoms with Gasteiger partial charge in [0, 0.05) is 0 Å². The van der Waals surface area contributed by atoms with E-state index in [4.69, 9.17) is 4.74 Å². The molecule has 2 aromatic rings. The van der Waals surface area contributed by atoms with Gasteiger partial charge in [0.15, 0.2) is 6.10 Å². The number of hydrogen-bond donors (Lipinski definition) is 2. The van der Waals surface area contributed by atoms with Crippen molar-refractivity contribution < 1.29 is 46.1 Å². The minimum Gasteiger partial charge on any atom is -0.444 e. The van der Waals surface area contributed by atoms with Crippen LogP contribution in [0.4, 0.5) is 26.7 Å². The molecule has 0 aliphatic carbocycles. The average Bonchev–Trinajstić information content (AvgIpc) is 2.72. The van der Waals surface area contributed by atoms with Gasteiger partial charge in [0.05, 0.1) is 6.04 Å². The summed E-state index contributed by atoms with van der Waals surface area (Å²) in [6, 6.07) is 6.74. The van der Waals surface area contributed by atoms with E-state index in [1.807, 2.05) is 0 Å². The molecule has 1 amide bonds. The Hall–Kier alpha value is -3.21. The number of nitrogens with one attached hydrogen (secondary N) is 1. The number of ether oxygens (including phenoxy) is 2. The van der Waals surface area contributed by atoms with Crippen LogP contribution in [0.1, 0.15) is 26.3 Å². The topological polar surface area (TPSA) is 84.9 Å². The van der Waals surface area contributed by atoms with Crippen molar-refractivity contribution in [1.29, 1.82) is 0 Å². The molecule has 0 fully saturated rings. The predicted octanol–water partition coefficient (Wildman–Crippen LogP) is 3.78. The molecule has 0 radical (unpaired) electrons. The summed E-state index contributed by atoms with van der Waals surface area (Å²) in [4.78, 5) is 24.4. The summed E-state index contributed by atoms with van der Waals surface area (Å²) in [5, 5.41) is 12.6. The molecular weight excluding hydrogens is 441 g/mol. The highest BCUT2D eigenvalue weighted by atomic mass is 19.2. The lowest BCUT2D eigenvalue weighted by Crippen LogP contribution is -2.50. The van der Waals surface area contributed by atoms with Crippen molar-refractivity contribution in [3.63, 3.8) is 0 Å². The number of hydrogen-bond acceptors (Lipinski definition) is 5. The van der Waals surface area contributed by atoms with Gasteiger partial charge in [-0.3, -0.25) is 0 Å². The number of carbonyl (C=O) groups excluding carboxylic acids is 2. The van der Waals surface area contributed by atoms with E-state index in [1.54, 1.807) is 51.1 Å². The number of aliphatic hydroxyl groups is 1. The quantitative estimate of drug-likeness (QED) is 0.225. The fourth-order valence-corrected chi connectivity index (χ4v) is 2.57. The van der Waals surface area contributed by atoms with E-state index in [0.717, 1.165) is 0 Å². The Bertz CT molecular complexity index is 965. The molecule has 0 heterocycles. The van der Waals surface area contributed by atoms with Gasteiger partial charge in [0.2, 0.25) is 34.8 Å². The lowest BCUT2D eigenvalue weighted by atomic mass is 10.0. The Morgan fingerprint density at radius 1 is 0.938 bits per heavy atom. The van der Waals surface area contributed by atoms with Gasteiger partial charge in [0.25, 0.3) is 0 Å². The van der Waals surface area contributed by atoms with Crippen molar-refractivity contribution in [1.82, 2.24) is 5.32 Å². The number of halogens is 5. The minimum atomic E-state index is -2.44. The molecular formula is C21H20F5NO5. The van der Waals surface area contributed by atoms with Crippen LogP contribution in [-0.2, 0) is 16.0 Å². The van der Waals surface area contributed by atoms with Gasteiger partial charge >= 0.3 is 12.1 Å². The van der Waals surface area contributed by atoms with E-state index < -0.39 is 64.6 Å². The Morgan fingerprint density at radius 3 is 1.94 bits per heavy atom. The molecule has 0 aliphatic rings. The first-order valence-corrected chi connectivity index (χ1v) is 9.26. The fourth-order valence-electron chi connectivity index (χ4n) is 2.57. The maximum absolute atomic E-state index is 13.8. The third kappa shape index (κ3) is 6.16. The summed E-state index contributed by atoms with van der Waals surface area (Å²) in [5.41, 5.74) is -0.390. The van der Waals surface area contributed by atoms with Gasteiger partial charge in [-0.15, -0.1) is 0 Å². The molecule has 11 heteroatoms. The van der Waals surface area contributed by atoms with Crippen LogP contribution in [0.15, 0.2) is 30.3 Å². The molecule has 32 heavy (non-hydrogen) atoms. The normalized spacial score (nSPS) is 13.3. The number of benzene rings is 2. The van der Waals surface area contributed by atoms with E-state index in [2.05, 4.69) is 10.1 Å². The van der Waals surface area contributed by atoms with Gasteiger partial charge in [-0.25, -0.2) is 22.8 Å². The summed E-state index contributed by atoms with van der Waals surface area (Å²) >= 11 is 0. The maximum Gasteiger partial charge on any atom is 0.407 e. The molecule has 2 aromatic carbocycles. The molecule has 2 atom stereocenters. The fraction of sp³-hybridized carbons (Fsp3) is 0.333. The molecule has 0 aromatic heterocycles. The first-order chi connectivity index (χ1) is 14.8. The molecule has 0 unspecified atom stereocenters. The van der Waals surface area contributed by atoms with Crippen molar-refractivity contribution in [3.05, 3.63) is 65.0 Å². The molecule has 2 N–H and O–H groups in total. The molecule has 0 spiro atoms. The second-order valence-corrected chi connectivity index (χ2v) is 7.71. The van der Waals surface area contributed by atoms with E-state index in [-0.39, 0.29) is 6.42 Å². The zero-order valence-electron chi connectivity index (χ0n) is 17.2. The van der Waals surface area contributed by atoms with Crippen molar-refractivity contribution in [3.8, 4) is 5.75 Å². The highest BCUT2D eigenvalue weighted by Gasteiger charge is 2.34. The Morgan fingerprint density at radius 2 is 1.44 bits per heavy atom. The van der Waals surface area contributed by atoms with E-state index >= 15 is 0 Å². The van der Waals surface area contributed by atoms with Crippen LogP contribution in [-0.4, -0.2) is 34.9 Å². The zero-order chi connectivity index (χ0) is 24.2. The minimum absolute atomic E-state index is 0.159. The van der Waals surface area contributed by atoms with E-state index in [0.29, 0.717) is 5.56 Å². The number of aliphatic hydroxyl groups excluding tert-OH is 1. The number of alkyl carbamates (subject to hydrolysis) is 1. The van der Waals surface area contributed by atoms with Crippen LogP contribution in [0.2, 0.25) is 0 Å². The molecule has 2 rings (SSSR count). The van der Waals surface area contributed by atoms with Gasteiger partial charge in [-0.1, -0.05) is 30.3 Å².